The standard InChI is InChI=1S/C17H16FNOS/c1-11-7-17-15(9-16(11)18)14-4-3-13(8-12(14)10-20-17)21-19-5-2-6-19/h3-4,7-9H,2,5-6,10H2,1H3. The highest BCUT2D eigenvalue weighted by Crippen LogP contribution is 2.40. The van der Waals surface area contributed by atoms with Crippen molar-refractivity contribution in [2.75, 3.05) is 13.1 Å². The second-order valence-corrected chi connectivity index (χ2v) is 6.75. The Morgan fingerprint density at radius 3 is 2.76 bits per heavy atom. The second kappa shape index (κ2) is 5.04. The number of fused-ring (bicyclic) bond motifs is 3. The number of nitrogens with zero attached hydrogens (tertiary/aromatic N) is 1. The molecule has 2 aromatic carbocycles. The Hall–Kier alpha value is -1.52. The molecule has 2 aliphatic heterocycles. The van der Waals surface area contributed by atoms with Crippen LogP contribution >= 0.6 is 11.9 Å². The summed E-state index contributed by atoms with van der Waals surface area (Å²) in [6, 6.07) is 9.75. The molecule has 21 heavy (non-hydrogen) atoms. The zero-order chi connectivity index (χ0) is 14.4. The molecule has 2 aromatic rings. The van der Waals surface area contributed by atoms with Crippen molar-refractivity contribution >= 4 is 11.9 Å². The molecule has 0 saturated carbocycles. The predicted molar refractivity (Wildman–Crippen MR) is 83.0 cm³/mol. The monoisotopic (exact) mass is 301 g/mol. The smallest absolute Gasteiger partial charge is 0.128 e. The highest BCUT2D eigenvalue weighted by Gasteiger charge is 2.21. The lowest BCUT2D eigenvalue weighted by molar-refractivity contribution is 0.301. The molecule has 0 spiro atoms. The van der Waals surface area contributed by atoms with Crippen molar-refractivity contribution in [3.8, 4) is 16.9 Å². The van der Waals surface area contributed by atoms with Gasteiger partial charge >= 0.3 is 0 Å². The summed E-state index contributed by atoms with van der Waals surface area (Å²) >= 11 is 1.79. The number of rotatable bonds is 2. The molecule has 0 aliphatic carbocycles. The quantitative estimate of drug-likeness (QED) is 0.763. The molecule has 1 fully saturated rings. The van der Waals surface area contributed by atoms with E-state index in [4.69, 9.17) is 4.74 Å². The fraction of sp³-hybridized carbons (Fsp3) is 0.294. The van der Waals surface area contributed by atoms with Gasteiger partial charge in [-0.15, -0.1) is 0 Å². The molecule has 0 bridgehead atoms. The van der Waals surface area contributed by atoms with Gasteiger partial charge in [0.15, 0.2) is 0 Å². The average molecular weight is 301 g/mol. The Morgan fingerprint density at radius 1 is 1.14 bits per heavy atom. The molecule has 0 N–H and O–H groups in total. The SMILES string of the molecule is Cc1cc2c(cc1F)-c1ccc(SN3CCC3)cc1CO2. The van der Waals surface area contributed by atoms with Crippen LogP contribution in [0.2, 0.25) is 0 Å². The number of hydrogen-bond donors (Lipinski definition) is 0. The number of halogens is 1. The van der Waals surface area contributed by atoms with Gasteiger partial charge in [0.1, 0.15) is 18.2 Å². The molecule has 0 amide bonds. The first-order valence-corrected chi connectivity index (χ1v) is 7.97. The lowest BCUT2D eigenvalue weighted by Gasteiger charge is -2.29. The van der Waals surface area contributed by atoms with Crippen molar-refractivity contribution in [1.29, 1.82) is 0 Å². The van der Waals surface area contributed by atoms with Crippen molar-refractivity contribution in [2.24, 2.45) is 0 Å². The highest BCUT2D eigenvalue weighted by atomic mass is 32.2. The summed E-state index contributed by atoms with van der Waals surface area (Å²) < 4.78 is 22.0. The van der Waals surface area contributed by atoms with Crippen LogP contribution in [0.4, 0.5) is 4.39 Å². The molecule has 108 valence electrons. The Labute approximate surface area is 128 Å². The van der Waals surface area contributed by atoms with E-state index in [0.717, 1.165) is 35.5 Å². The molecular formula is C17H16FNOS. The fourth-order valence-electron chi connectivity index (χ4n) is 2.68. The summed E-state index contributed by atoms with van der Waals surface area (Å²) in [4.78, 5) is 1.23. The van der Waals surface area contributed by atoms with Gasteiger partial charge in [-0.3, -0.25) is 0 Å². The van der Waals surface area contributed by atoms with Crippen molar-refractivity contribution < 1.29 is 9.13 Å². The van der Waals surface area contributed by atoms with Crippen LogP contribution in [0, 0.1) is 12.7 Å². The van der Waals surface area contributed by atoms with E-state index in [9.17, 15) is 4.39 Å². The molecule has 2 heterocycles. The van der Waals surface area contributed by atoms with Crippen LogP contribution in [0.1, 0.15) is 17.5 Å². The molecule has 4 rings (SSSR count). The van der Waals surface area contributed by atoms with Gasteiger partial charge in [0.2, 0.25) is 0 Å². The normalized spacial score (nSPS) is 16.7. The van der Waals surface area contributed by atoms with E-state index in [1.165, 1.54) is 11.3 Å². The van der Waals surface area contributed by atoms with E-state index in [-0.39, 0.29) is 5.82 Å². The maximum absolute atomic E-state index is 13.8. The van der Waals surface area contributed by atoms with Gasteiger partial charge in [0, 0.05) is 23.5 Å². The number of hydrogen-bond acceptors (Lipinski definition) is 3. The van der Waals surface area contributed by atoms with Crippen LogP contribution in [0.15, 0.2) is 35.2 Å². The summed E-state index contributed by atoms with van der Waals surface area (Å²) in [5.41, 5.74) is 3.71. The van der Waals surface area contributed by atoms with E-state index in [0.29, 0.717) is 12.2 Å². The van der Waals surface area contributed by atoms with E-state index in [1.807, 2.05) is 0 Å². The third kappa shape index (κ3) is 2.32. The van der Waals surface area contributed by atoms with Crippen molar-refractivity contribution in [3.63, 3.8) is 0 Å². The molecule has 1 saturated heterocycles. The largest absolute Gasteiger partial charge is 0.488 e. The van der Waals surface area contributed by atoms with Crippen LogP contribution in [0.5, 0.6) is 5.75 Å². The Kier molecular flexibility index (Phi) is 3.16. The van der Waals surface area contributed by atoms with Crippen molar-refractivity contribution in [2.45, 2.75) is 24.8 Å². The van der Waals surface area contributed by atoms with E-state index < -0.39 is 0 Å². The maximum Gasteiger partial charge on any atom is 0.128 e. The highest BCUT2D eigenvalue weighted by molar-refractivity contribution is 7.97. The number of aryl methyl sites for hydroxylation is 1. The summed E-state index contributed by atoms with van der Waals surface area (Å²) in [5, 5.41) is 0. The molecule has 4 heteroatoms. The van der Waals surface area contributed by atoms with Gasteiger partial charge in [-0.1, -0.05) is 6.07 Å². The third-order valence-corrected chi connectivity index (χ3v) is 5.15. The average Bonchev–Trinajstić information content (AvgIpc) is 2.44. The molecule has 0 atom stereocenters. The van der Waals surface area contributed by atoms with Gasteiger partial charge in [0.25, 0.3) is 0 Å². The van der Waals surface area contributed by atoms with Crippen LogP contribution in [0.3, 0.4) is 0 Å². The summed E-state index contributed by atoms with van der Waals surface area (Å²) in [7, 11) is 0. The van der Waals surface area contributed by atoms with Gasteiger partial charge in [-0.25, -0.2) is 8.70 Å². The van der Waals surface area contributed by atoms with Crippen molar-refractivity contribution in [1.82, 2.24) is 4.31 Å². The Balaban J connectivity index is 1.71. The minimum absolute atomic E-state index is 0.177. The molecule has 2 nitrogen and oxygen atoms in total. The molecule has 0 unspecified atom stereocenters. The van der Waals surface area contributed by atoms with Crippen LogP contribution in [0.25, 0.3) is 11.1 Å². The lowest BCUT2D eigenvalue weighted by Crippen LogP contribution is -2.30. The first-order valence-electron chi connectivity index (χ1n) is 7.20. The van der Waals surface area contributed by atoms with Gasteiger partial charge in [-0.05, 0) is 66.2 Å². The minimum Gasteiger partial charge on any atom is -0.488 e. The molecule has 0 radical (unpaired) electrons. The van der Waals surface area contributed by atoms with Crippen LogP contribution in [-0.2, 0) is 6.61 Å². The number of ether oxygens (including phenoxy) is 1. The Bertz CT molecular complexity index is 712. The third-order valence-electron chi connectivity index (χ3n) is 4.06. The van der Waals surface area contributed by atoms with Gasteiger partial charge in [0.05, 0.1) is 0 Å². The number of benzene rings is 2. The van der Waals surface area contributed by atoms with Crippen molar-refractivity contribution in [3.05, 3.63) is 47.3 Å². The van der Waals surface area contributed by atoms with E-state index >= 15 is 0 Å². The Morgan fingerprint density at radius 2 is 2.00 bits per heavy atom. The summed E-state index contributed by atoms with van der Waals surface area (Å²) in [6.45, 7) is 4.64. The molecule has 0 aromatic heterocycles. The first-order chi connectivity index (χ1) is 10.2. The predicted octanol–water partition coefficient (Wildman–Crippen LogP) is 4.41. The minimum atomic E-state index is -0.177. The fourth-order valence-corrected chi connectivity index (χ4v) is 3.74. The first kappa shape index (κ1) is 13.2. The van der Waals surface area contributed by atoms with E-state index in [2.05, 4.69) is 22.5 Å². The molecular weight excluding hydrogens is 285 g/mol. The van der Waals surface area contributed by atoms with Crippen LogP contribution in [-0.4, -0.2) is 17.4 Å². The zero-order valence-corrected chi connectivity index (χ0v) is 12.7. The van der Waals surface area contributed by atoms with Gasteiger partial charge in [-0.2, -0.15) is 0 Å². The summed E-state index contributed by atoms with van der Waals surface area (Å²) in [5.74, 6) is 0.605. The second-order valence-electron chi connectivity index (χ2n) is 5.58. The summed E-state index contributed by atoms with van der Waals surface area (Å²) in [6.07, 6.45) is 1.28. The lowest BCUT2D eigenvalue weighted by atomic mass is 9.96. The zero-order valence-electron chi connectivity index (χ0n) is 11.9. The maximum atomic E-state index is 13.8. The van der Waals surface area contributed by atoms with Crippen LogP contribution < -0.4 is 4.74 Å². The van der Waals surface area contributed by atoms with E-state index in [1.54, 1.807) is 31.0 Å². The molecule has 2 aliphatic rings. The topological polar surface area (TPSA) is 12.5 Å². The van der Waals surface area contributed by atoms with Gasteiger partial charge < -0.3 is 4.74 Å².